The molecule has 2 aromatic heterocycles. The monoisotopic (exact) mass is 438 g/mol. The SMILES string of the molecule is Cc1ccccc1-c1nnc(SC(C)C(=O)N(C)C2CCCCC2)n1Cc1ccco1. The average Bonchev–Trinajstić information content (AvgIpc) is 3.44. The van der Waals surface area contributed by atoms with Crippen molar-refractivity contribution in [3.05, 3.63) is 54.0 Å². The van der Waals surface area contributed by atoms with Crippen molar-refractivity contribution in [2.24, 2.45) is 0 Å². The highest BCUT2D eigenvalue weighted by Gasteiger charge is 2.28. The normalized spacial score (nSPS) is 15.7. The van der Waals surface area contributed by atoms with Gasteiger partial charge in [0.1, 0.15) is 5.76 Å². The minimum absolute atomic E-state index is 0.155. The predicted octanol–water partition coefficient (Wildman–Crippen LogP) is 5.17. The average molecular weight is 439 g/mol. The Morgan fingerprint density at radius 3 is 2.68 bits per heavy atom. The van der Waals surface area contributed by atoms with Crippen molar-refractivity contribution in [2.45, 2.75) is 68.9 Å². The maximum atomic E-state index is 13.1. The maximum absolute atomic E-state index is 13.1. The molecule has 2 heterocycles. The summed E-state index contributed by atoms with van der Waals surface area (Å²) in [5.74, 6) is 1.77. The van der Waals surface area contributed by atoms with Crippen LogP contribution in [0.2, 0.25) is 0 Å². The third-order valence-corrected chi connectivity index (χ3v) is 7.16. The second-order valence-corrected chi connectivity index (χ2v) is 9.60. The van der Waals surface area contributed by atoms with Crippen molar-refractivity contribution in [2.75, 3.05) is 7.05 Å². The lowest BCUT2D eigenvalue weighted by Crippen LogP contribution is -2.42. The summed E-state index contributed by atoms with van der Waals surface area (Å²) in [7, 11) is 1.95. The number of hydrogen-bond donors (Lipinski definition) is 0. The van der Waals surface area contributed by atoms with Gasteiger partial charge in [-0.15, -0.1) is 10.2 Å². The summed E-state index contributed by atoms with van der Waals surface area (Å²) >= 11 is 1.47. The third-order valence-electron chi connectivity index (χ3n) is 6.10. The molecule has 1 aliphatic rings. The fraction of sp³-hybridized carbons (Fsp3) is 0.458. The van der Waals surface area contributed by atoms with Crippen LogP contribution < -0.4 is 0 Å². The molecule has 1 aromatic carbocycles. The molecule has 7 heteroatoms. The zero-order valence-electron chi connectivity index (χ0n) is 18.5. The third kappa shape index (κ3) is 4.87. The smallest absolute Gasteiger partial charge is 0.235 e. The molecular formula is C24H30N4O2S. The van der Waals surface area contributed by atoms with Crippen molar-refractivity contribution in [1.29, 1.82) is 0 Å². The van der Waals surface area contributed by atoms with E-state index in [0.717, 1.165) is 40.7 Å². The minimum Gasteiger partial charge on any atom is -0.467 e. The number of aromatic nitrogens is 3. The van der Waals surface area contributed by atoms with Gasteiger partial charge in [0.25, 0.3) is 0 Å². The molecule has 31 heavy (non-hydrogen) atoms. The molecule has 1 atom stereocenters. The van der Waals surface area contributed by atoms with Crippen LogP contribution in [-0.2, 0) is 11.3 Å². The van der Waals surface area contributed by atoms with Gasteiger partial charge in [-0.3, -0.25) is 9.36 Å². The summed E-state index contributed by atoms with van der Waals surface area (Å²) in [5.41, 5.74) is 2.17. The number of carbonyl (C=O) groups is 1. The Labute approximate surface area is 188 Å². The molecule has 0 aliphatic heterocycles. The number of rotatable bonds is 7. The van der Waals surface area contributed by atoms with Gasteiger partial charge >= 0.3 is 0 Å². The Hall–Kier alpha value is -2.54. The van der Waals surface area contributed by atoms with Crippen LogP contribution in [0.25, 0.3) is 11.4 Å². The van der Waals surface area contributed by atoms with Crippen LogP contribution in [0.5, 0.6) is 0 Å². The second kappa shape index (κ2) is 9.73. The van der Waals surface area contributed by atoms with E-state index >= 15 is 0 Å². The van der Waals surface area contributed by atoms with Crippen molar-refractivity contribution >= 4 is 17.7 Å². The molecule has 1 unspecified atom stereocenters. The number of amides is 1. The van der Waals surface area contributed by atoms with Crippen LogP contribution in [0.1, 0.15) is 50.4 Å². The van der Waals surface area contributed by atoms with Gasteiger partial charge in [-0.25, -0.2) is 0 Å². The largest absolute Gasteiger partial charge is 0.467 e. The number of carbonyl (C=O) groups excluding carboxylic acids is 1. The van der Waals surface area contributed by atoms with Crippen molar-refractivity contribution in [1.82, 2.24) is 19.7 Å². The topological polar surface area (TPSA) is 64.2 Å². The van der Waals surface area contributed by atoms with Crippen LogP contribution in [0.3, 0.4) is 0 Å². The summed E-state index contributed by atoms with van der Waals surface area (Å²) in [6, 6.07) is 12.3. The minimum atomic E-state index is -0.240. The highest BCUT2D eigenvalue weighted by molar-refractivity contribution is 8.00. The Morgan fingerprint density at radius 2 is 1.97 bits per heavy atom. The van der Waals surface area contributed by atoms with Crippen molar-refractivity contribution in [3.63, 3.8) is 0 Å². The van der Waals surface area contributed by atoms with E-state index in [4.69, 9.17) is 4.42 Å². The van der Waals surface area contributed by atoms with Gasteiger partial charge in [0.2, 0.25) is 5.91 Å². The van der Waals surface area contributed by atoms with Crippen LogP contribution in [0.4, 0.5) is 0 Å². The lowest BCUT2D eigenvalue weighted by Gasteiger charge is -2.32. The maximum Gasteiger partial charge on any atom is 0.235 e. The van der Waals surface area contributed by atoms with E-state index < -0.39 is 0 Å². The number of aryl methyl sites for hydroxylation is 1. The zero-order valence-corrected chi connectivity index (χ0v) is 19.3. The molecule has 6 nitrogen and oxygen atoms in total. The predicted molar refractivity (Wildman–Crippen MR) is 123 cm³/mol. The van der Waals surface area contributed by atoms with Crippen LogP contribution >= 0.6 is 11.8 Å². The molecule has 0 radical (unpaired) electrons. The number of benzene rings is 1. The van der Waals surface area contributed by atoms with Crippen molar-refractivity contribution < 1.29 is 9.21 Å². The van der Waals surface area contributed by atoms with Gasteiger partial charge in [0.05, 0.1) is 18.1 Å². The molecule has 0 N–H and O–H groups in total. The Bertz CT molecular complexity index is 1010. The van der Waals surface area contributed by atoms with Crippen LogP contribution in [0, 0.1) is 6.92 Å². The summed E-state index contributed by atoms with van der Waals surface area (Å²) in [6.45, 7) is 4.55. The molecule has 0 saturated heterocycles. The molecule has 1 fully saturated rings. The van der Waals surface area contributed by atoms with E-state index in [1.807, 2.05) is 43.1 Å². The van der Waals surface area contributed by atoms with Gasteiger partial charge in [-0.2, -0.15) is 0 Å². The molecule has 1 saturated carbocycles. The zero-order chi connectivity index (χ0) is 21.8. The fourth-order valence-corrected chi connectivity index (χ4v) is 5.19. The first-order chi connectivity index (χ1) is 15.0. The molecule has 1 aliphatic carbocycles. The summed E-state index contributed by atoms with van der Waals surface area (Å²) in [6.07, 6.45) is 7.57. The number of nitrogens with zero attached hydrogens (tertiary/aromatic N) is 4. The molecule has 4 rings (SSSR count). The highest BCUT2D eigenvalue weighted by Crippen LogP contribution is 2.31. The molecule has 0 spiro atoms. The standard InChI is InChI=1S/C24H30N4O2S/c1-17-10-7-8-14-21(17)22-25-26-24(28(22)16-20-13-9-15-30-20)31-18(2)23(29)27(3)19-11-5-4-6-12-19/h7-10,13-15,18-19H,4-6,11-12,16H2,1-3H3. The molecule has 1 amide bonds. The molecular weight excluding hydrogens is 408 g/mol. The summed E-state index contributed by atoms with van der Waals surface area (Å²) < 4.78 is 7.64. The summed E-state index contributed by atoms with van der Waals surface area (Å²) in [4.78, 5) is 15.1. The van der Waals surface area contributed by atoms with Crippen LogP contribution in [0.15, 0.2) is 52.2 Å². The number of furan rings is 1. The Balaban J connectivity index is 1.58. The van der Waals surface area contributed by atoms with Gasteiger partial charge in [-0.1, -0.05) is 55.3 Å². The molecule has 164 valence electrons. The van der Waals surface area contributed by atoms with E-state index in [1.165, 1.54) is 31.0 Å². The lowest BCUT2D eigenvalue weighted by molar-refractivity contribution is -0.131. The lowest BCUT2D eigenvalue weighted by atomic mass is 9.94. The Kier molecular flexibility index (Phi) is 6.80. The van der Waals surface area contributed by atoms with Gasteiger partial charge in [0.15, 0.2) is 11.0 Å². The first kappa shape index (κ1) is 21.7. The van der Waals surface area contributed by atoms with E-state index in [1.54, 1.807) is 6.26 Å². The van der Waals surface area contributed by atoms with Gasteiger partial charge in [0, 0.05) is 18.7 Å². The van der Waals surface area contributed by atoms with Gasteiger partial charge < -0.3 is 9.32 Å². The fourth-order valence-electron chi connectivity index (χ4n) is 4.24. The van der Waals surface area contributed by atoms with Crippen LogP contribution in [-0.4, -0.2) is 43.9 Å². The van der Waals surface area contributed by atoms with E-state index in [-0.39, 0.29) is 11.2 Å². The van der Waals surface area contributed by atoms with E-state index in [2.05, 4.69) is 33.8 Å². The highest BCUT2D eigenvalue weighted by atomic mass is 32.2. The quantitative estimate of drug-likeness (QED) is 0.476. The number of hydrogen-bond acceptors (Lipinski definition) is 5. The first-order valence-electron chi connectivity index (χ1n) is 11.0. The van der Waals surface area contributed by atoms with Gasteiger partial charge in [-0.05, 0) is 44.4 Å². The molecule has 3 aromatic rings. The molecule has 0 bridgehead atoms. The summed E-state index contributed by atoms with van der Waals surface area (Å²) in [5, 5.41) is 9.46. The van der Waals surface area contributed by atoms with Crippen molar-refractivity contribution in [3.8, 4) is 11.4 Å². The second-order valence-electron chi connectivity index (χ2n) is 8.29. The Morgan fingerprint density at radius 1 is 1.19 bits per heavy atom. The number of thioether (sulfide) groups is 1. The first-order valence-corrected chi connectivity index (χ1v) is 11.9. The van der Waals surface area contributed by atoms with E-state index in [0.29, 0.717) is 12.6 Å². The van der Waals surface area contributed by atoms with E-state index in [9.17, 15) is 4.79 Å².